The van der Waals surface area contributed by atoms with Gasteiger partial charge in [-0.05, 0) is 48.1 Å². The van der Waals surface area contributed by atoms with Crippen LogP contribution in [0.5, 0.6) is 0 Å². The zero-order valence-corrected chi connectivity index (χ0v) is 17.8. The van der Waals surface area contributed by atoms with Gasteiger partial charge in [0.1, 0.15) is 17.2 Å². The van der Waals surface area contributed by atoms with E-state index in [0.29, 0.717) is 18.7 Å². The first-order valence-electron chi connectivity index (χ1n) is 9.87. The van der Waals surface area contributed by atoms with Gasteiger partial charge in [-0.3, -0.25) is 9.59 Å². The van der Waals surface area contributed by atoms with Crippen LogP contribution < -0.4 is 5.32 Å². The molecule has 0 aromatic heterocycles. The average molecular weight is 415 g/mol. The number of rotatable bonds is 7. The fraction of sp³-hybridized carbons (Fsp3) is 0.391. The van der Waals surface area contributed by atoms with Gasteiger partial charge in [0.05, 0.1) is 5.75 Å². The predicted octanol–water partition coefficient (Wildman–Crippen LogP) is 4.44. The Balaban J connectivity index is 1.81. The van der Waals surface area contributed by atoms with E-state index in [1.165, 1.54) is 12.1 Å². The zero-order chi connectivity index (χ0) is 21.0. The van der Waals surface area contributed by atoms with E-state index in [1.807, 2.05) is 31.2 Å². The lowest BCUT2D eigenvalue weighted by molar-refractivity contribution is -0.139. The summed E-state index contributed by atoms with van der Waals surface area (Å²) in [6, 6.07) is 13.5. The van der Waals surface area contributed by atoms with E-state index in [4.69, 9.17) is 0 Å². The van der Waals surface area contributed by atoms with Crippen LogP contribution >= 0.6 is 11.8 Å². The van der Waals surface area contributed by atoms with Gasteiger partial charge in [-0.25, -0.2) is 4.39 Å². The number of nitrogens with one attached hydrogen (secondary N) is 1. The number of aryl methyl sites for hydroxylation is 1. The van der Waals surface area contributed by atoms with Crippen LogP contribution in [-0.2, 0) is 16.1 Å². The van der Waals surface area contributed by atoms with Crippen molar-refractivity contribution in [2.45, 2.75) is 45.2 Å². The van der Waals surface area contributed by atoms with Crippen LogP contribution in [0.15, 0.2) is 48.5 Å². The van der Waals surface area contributed by atoms with Crippen molar-refractivity contribution in [1.29, 1.82) is 0 Å². The fourth-order valence-corrected chi connectivity index (χ4v) is 4.90. The normalized spacial score (nSPS) is 17.6. The Kier molecular flexibility index (Phi) is 6.96. The average Bonchev–Trinajstić information content (AvgIpc) is 3.06. The van der Waals surface area contributed by atoms with E-state index in [1.54, 1.807) is 28.8 Å². The third-order valence-corrected chi connectivity index (χ3v) is 6.28. The summed E-state index contributed by atoms with van der Waals surface area (Å²) in [5, 5.41) is 2.78. The van der Waals surface area contributed by atoms with E-state index < -0.39 is 6.04 Å². The highest BCUT2D eigenvalue weighted by Gasteiger charge is 2.41. The van der Waals surface area contributed by atoms with E-state index in [0.717, 1.165) is 16.7 Å². The van der Waals surface area contributed by atoms with Crippen molar-refractivity contribution < 1.29 is 14.0 Å². The van der Waals surface area contributed by atoms with Gasteiger partial charge < -0.3 is 10.2 Å². The van der Waals surface area contributed by atoms with E-state index in [2.05, 4.69) is 19.2 Å². The van der Waals surface area contributed by atoms with Crippen molar-refractivity contribution in [1.82, 2.24) is 10.2 Å². The largest absolute Gasteiger partial charge is 0.350 e. The maximum atomic E-state index is 13.1. The van der Waals surface area contributed by atoms with Crippen LogP contribution in [0.1, 0.15) is 42.3 Å². The summed E-state index contributed by atoms with van der Waals surface area (Å²) in [5.41, 5.74) is 3.00. The minimum Gasteiger partial charge on any atom is -0.350 e. The van der Waals surface area contributed by atoms with Gasteiger partial charge in [-0.1, -0.05) is 50.2 Å². The second kappa shape index (κ2) is 9.44. The van der Waals surface area contributed by atoms with Crippen molar-refractivity contribution in [3.63, 3.8) is 0 Å². The minimum atomic E-state index is -0.539. The summed E-state index contributed by atoms with van der Waals surface area (Å²) in [7, 11) is 0. The molecule has 0 radical (unpaired) electrons. The highest BCUT2D eigenvalue weighted by molar-refractivity contribution is 8.00. The molecule has 1 heterocycles. The molecule has 1 saturated heterocycles. The Labute approximate surface area is 175 Å². The van der Waals surface area contributed by atoms with Gasteiger partial charge in [0.15, 0.2) is 0 Å². The van der Waals surface area contributed by atoms with E-state index in [-0.39, 0.29) is 28.9 Å². The van der Waals surface area contributed by atoms with Crippen LogP contribution in [0.3, 0.4) is 0 Å². The minimum absolute atomic E-state index is 0.00849. The molecular weight excluding hydrogens is 387 g/mol. The summed E-state index contributed by atoms with van der Waals surface area (Å²) in [4.78, 5) is 27.7. The van der Waals surface area contributed by atoms with Crippen LogP contribution in [-0.4, -0.2) is 28.5 Å². The van der Waals surface area contributed by atoms with Gasteiger partial charge in [-0.15, -0.1) is 11.8 Å². The zero-order valence-electron chi connectivity index (χ0n) is 17.0. The molecule has 1 aliphatic heterocycles. The van der Waals surface area contributed by atoms with Crippen LogP contribution in [0.2, 0.25) is 0 Å². The number of hydrogen-bond acceptors (Lipinski definition) is 3. The molecule has 154 valence electrons. The van der Waals surface area contributed by atoms with Crippen LogP contribution in [0, 0.1) is 18.7 Å². The van der Waals surface area contributed by atoms with Gasteiger partial charge in [0.2, 0.25) is 11.8 Å². The monoisotopic (exact) mass is 414 g/mol. The number of nitrogens with zero attached hydrogens (tertiary/aromatic N) is 1. The van der Waals surface area contributed by atoms with Crippen LogP contribution in [0.4, 0.5) is 4.39 Å². The molecule has 29 heavy (non-hydrogen) atoms. The molecule has 6 heteroatoms. The molecule has 1 N–H and O–H groups in total. The summed E-state index contributed by atoms with van der Waals surface area (Å²) in [6.07, 6.45) is 0.587. The third kappa shape index (κ3) is 5.18. The Morgan fingerprint density at radius 3 is 2.55 bits per heavy atom. The Hall–Kier alpha value is -2.34. The van der Waals surface area contributed by atoms with Crippen LogP contribution in [0.25, 0.3) is 0 Å². The smallest absolute Gasteiger partial charge is 0.243 e. The quantitative estimate of drug-likeness (QED) is 0.729. The molecule has 0 bridgehead atoms. The van der Waals surface area contributed by atoms with Gasteiger partial charge in [0, 0.05) is 6.54 Å². The number of carbonyl (C=O) groups excluding carboxylic acids is 2. The maximum absolute atomic E-state index is 13.1. The molecule has 4 nitrogen and oxygen atoms in total. The van der Waals surface area contributed by atoms with Crippen molar-refractivity contribution >= 4 is 23.6 Å². The summed E-state index contributed by atoms with van der Waals surface area (Å²) < 4.78 is 13.1. The third-order valence-electron chi connectivity index (χ3n) is 5.07. The topological polar surface area (TPSA) is 49.4 Å². The molecule has 2 atom stereocenters. The van der Waals surface area contributed by atoms with Crippen molar-refractivity contribution in [3.8, 4) is 0 Å². The lowest BCUT2D eigenvalue weighted by Gasteiger charge is -2.33. The highest BCUT2D eigenvalue weighted by Crippen LogP contribution is 2.42. The first-order chi connectivity index (χ1) is 13.9. The molecule has 0 aliphatic carbocycles. The number of thioether (sulfide) groups is 1. The van der Waals surface area contributed by atoms with E-state index >= 15 is 0 Å². The number of hydrogen-bond donors (Lipinski definition) is 1. The molecule has 0 spiro atoms. The fourth-order valence-electron chi connectivity index (χ4n) is 3.58. The molecule has 1 fully saturated rings. The summed E-state index contributed by atoms with van der Waals surface area (Å²) in [5.74, 6) is 0.146. The first kappa shape index (κ1) is 21.4. The molecule has 1 aliphatic rings. The molecular formula is C23H27FN2O2S. The number of amides is 2. The maximum Gasteiger partial charge on any atom is 0.243 e. The van der Waals surface area contributed by atoms with Gasteiger partial charge in [-0.2, -0.15) is 0 Å². The predicted molar refractivity (Wildman–Crippen MR) is 115 cm³/mol. The van der Waals surface area contributed by atoms with Crippen molar-refractivity contribution in [2.75, 3.05) is 5.75 Å². The Morgan fingerprint density at radius 2 is 1.90 bits per heavy atom. The molecule has 0 unspecified atom stereocenters. The molecule has 2 amide bonds. The lowest BCUT2D eigenvalue weighted by Crippen LogP contribution is -2.49. The second-order valence-electron chi connectivity index (χ2n) is 7.81. The van der Waals surface area contributed by atoms with Crippen molar-refractivity contribution in [2.24, 2.45) is 5.92 Å². The number of benzene rings is 2. The molecule has 2 aromatic carbocycles. The number of carbonyl (C=O) groups is 2. The van der Waals surface area contributed by atoms with Gasteiger partial charge in [0.25, 0.3) is 0 Å². The Bertz CT molecular complexity index is 869. The SMILES string of the molecule is Cc1ccccc1[C@H]1SCC(=O)N1[C@H](CC(C)C)C(=O)NCc1ccc(F)cc1. The van der Waals surface area contributed by atoms with Crippen molar-refractivity contribution in [3.05, 3.63) is 71.0 Å². The number of halogens is 1. The lowest BCUT2D eigenvalue weighted by atomic mass is 9.99. The standard InChI is InChI=1S/C23H27FN2O2S/c1-15(2)12-20(22(28)25-13-17-8-10-18(24)11-9-17)26-21(27)14-29-23(26)19-7-5-4-6-16(19)3/h4-11,15,20,23H,12-14H2,1-3H3,(H,25,28)/t20-,23-/m1/s1. The molecule has 2 aromatic rings. The molecule has 0 saturated carbocycles. The summed E-state index contributed by atoms with van der Waals surface area (Å²) in [6.45, 7) is 6.44. The van der Waals surface area contributed by atoms with E-state index in [9.17, 15) is 14.0 Å². The first-order valence-corrected chi connectivity index (χ1v) is 10.9. The Morgan fingerprint density at radius 1 is 1.21 bits per heavy atom. The van der Waals surface area contributed by atoms with Gasteiger partial charge >= 0.3 is 0 Å². The molecule has 3 rings (SSSR count). The summed E-state index contributed by atoms with van der Waals surface area (Å²) >= 11 is 1.57. The second-order valence-corrected chi connectivity index (χ2v) is 8.88. The highest BCUT2D eigenvalue weighted by atomic mass is 32.2.